The van der Waals surface area contributed by atoms with Gasteiger partial charge in [0.2, 0.25) is 0 Å². The second kappa shape index (κ2) is 6.57. The molecular formula is C15H21NO3. The molecule has 1 aromatic carbocycles. The number of carbonyl (C=O) groups is 1. The van der Waals surface area contributed by atoms with Gasteiger partial charge in [-0.1, -0.05) is 17.7 Å². The Morgan fingerprint density at radius 3 is 2.74 bits per heavy atom. The molecule has 0 bridgehead atoms. The average molecular weight is 263 g/mol. The van der Waals surface area contributed by atoms with E-state index in [1.165, 1.54) is 12.7 Å². The minimum Gasteiger partial charge on any atom is -0.493 e. The number of aryl methyl sites for hydroxylation is 1. The first-order chi connectivity index (χ1) is 9.20. The molecule has 1 N–H and O–H groups in total. The molecule has 1 saturated heterocycles. The summed E-state index contributed by atoms with van der Waals surface area (Å²) in [6, 6.07) is 7.85. The normalized spacial score (nSPS) is 20.0. The van der Waals surface area contributed by atoms with Crippen molar-refractivity contribution in [3.05, 3.63) is 29.8 Å². The number of methoxy groups -OCH3 is 1. The van der Waals surface area contributed by atoms with Crippen molar-refractivity contribution in [1.29, 1.82) is 0 Å². The molecule has 1 aliphatic rings. The molecule has 1 aromatic rings. The zero-order valence-corrected chi connectivity index (χ0v) is 11.5. The van der Waals surface area contributed by atoms with Crippen LogP contribution in [-0.4, -0.2) is 32.8 Å². The maximum absolute atomic E-state index is 11.8. The van der Waals surface area contributed by atoms with Crippen LogP contribution in [0.25, 0.3) is 0 Å². The standard InChI is InChI=1S/C15H21NO3/c1-11-3-5-13(6-4-11)19-10-14(15(17)18-2)12-7-8-16-9-12/h3-6,12,14,16H,7-10H2,1-2H3. The van der Waals surface area contributed by atoms with Crippen molar-refractivity contribution in [3.63, 3.8) is 0 Å². The summed E-state index contributed by atoms with van der Waals surface area (Å²) < 4.78 is 10.6. The Morgan fingerprint density at radius 1 is 1.42 bits per heavy atom. The molecule has 0 amide bonds. The largest absolute Gasteiger partial charge is 0.493 e. The number of rotatable bonds is 5. The maximum Gasteiger partial charge on any atom is 0.312 e. The minimum absolute atomic E-state index is 0.180. The topological polar surface area (TPSA) is 47.6 Å². The van der Waals surface area contributed by atoms with E-state index >= 15 is 0 Å². The summed E-state index contributed by atoms with van der Waals surface area (Å²) in [6.45, 7) is 4.23. The quantitative estimate of drug-likeness (QED) is 0.823. The summed E-state index contributed by atoms with van der Waals surface area (Å²) >= 11 is 0. The molecule has 4 nitrogen and oxygen atoms in total. The molecule has 1 heterocycles. The number of benzene rings is 1. The Morgan fingerprint density at radius 2 is 2.16 bits per heavy atom. The molecule has 1 fully saturated rings. The number of esters is 1. The van der Waals surface area contributed by atoms with Gasteiger partial charge in [0.15, 0.2) is 0 Å². The molecule has 0 saturated carbocycles. The van der Waals surface area contributed by atoms with Gasteiger partial charge in [-0.05, 0) is 44.5 Å². The Kier molecular flexibility index (Phi) is 4.80. The van der Waals surface area contributed by atoms with Gasteiger partial charge in [-0.3, -0.25) is 4.79 Å². The van der Waals surface area contributed by atoms with E-state index < -0.39 is 0 Å². The van der Waals surface area contributed by atoms with Crippen LogP contribution >= 0.6 is 0 Å². The first kappa shape index (κ1) is 13.9. The molecule has 2 rings (SSSR count). The summed E-state index contributed by atoms with van der Waals surface area (Å²) in [5.74, 6) is 0.727. The van der Waals surface area contributed by atoms with Crippen molar-refractivity contribution in [3.8, 4) is 5.75 Å². The molecule has 2 unspecified atom stereocenters. The highest BCUT2D eigenvalue weighted by atomic mass is 16.5. The number of nitrogens with one attached hydrogen (secondary N) is 1. The van der Waals surface area contributed by atoms with Gasteiger partial charge in [-0.25, -0.2) is 0 Å². The SMILES string of the molecule is COC(=O)C(COc1ccc(C)cc1)C1CCNC1. The van der Waals surface area contributed by atoms with E-state index in [0.29, 0.717) is 12.5 Å². The third-order valence-corrected chi connectivity index (χ3v) is 3.62. The van der Waals surface area contributed by atoms with Crippen LogP contribution in [0.3, 0.4) is 0 Å². The van der Waals surface area contributed by atoms with Crippen LogP contribution < -0.4 is 10.1 Å². The van der Waals surface area contributed by atoms with Crippen LogP contribution in [0.4, 0.5) is 0 Å². The summed E-state index contributed by atoms with van der Waals surface area (Å²) in [5.41, 5.74) is 1.19. The number of hydrogen-bond donors (Lipinski definition) is 1. The van der Waals surface area contributed by atoms with Crippen LogP contribution in [-0.2, 0) is 9.53 Å². The molecular weight excluding hydrogens is 242 g/mol. The maximum atomic E-state index is 11.8. The molecule has 0 spiro atoms. The fourth-order valence-corrected chi connectivity index (χ4v) is 2.39. The Labute approximate surface area is 114 Å². The minimum atomic E-state index is -0.193. The zero-order valence-electron chi connectivity index (χ0n) is 11.5. The van der Waals surface area contributed by atoms with Gasteiger partial charge in [0.25, 0.3) is 0 Å². The van der Waals surface area contributed by atoms with Crippen molar-refractivity contribution >= 4 is 5.97 Å². The summed E-state index contributed by atoms with van der Waals surface area (Å²) in [7, 11) is 1.43. The van der Waals surface area contributed by atoms with Crippen molar-refractivity contribution in [1.82, 2.24) is 5.32 Å². The van der Waals surface area contributed by atoms with Gasteiger partial charge >= 0.3 is 5.97 Å². The lowest BCUT2D eigenvalue weighted by molar-refractivity contribution is -0.148. The van der Waals surface area contributed by atoms with Gasteiger partial charge in [0, 0.05) is 0 Å². The molecule has 19 heavy (non-hydrogen) atoms. The van der Waals surface area contributed by atoms with Crippen LogP contribution in [0.15, 0.2) is 24.3 Å². The van der Waals surface area contributed by atoms with Crippen LogP contribution in [0.5, 0.6) is 5.75 Å². The molecule has 2 atom stereocenters. The van der Waals surface area contributed by atoms with E-state index in [0.717, 1.165) is 25.3 Å². The van der Waals surface area contributed by atoms with Crippen molar-refractivity contribution < 1.29 is 14.3 Å². The zero-order chi connectivity index (χ0) is 13.7. The van der Waals surface area contributed by atoms with Gasteiger partial charge in [0.1, 0.15) is 12.4 Å². The predicted molar refractivity (Wildman–Crippen MR) is 73.2 cm³/mol. The Hall–Kier alpha value is -1.55. The Bertz CT molecular complexity index is 410. The van der Waals surface area contributed by atoms with E-state index in [-0.39, 0.29) is 11.9 Å². The lowest BCUT2D eigenvalue weighted by atomic mass is 9.92. The van der Waals surface area contributed by atoms with E-state index in [1.807, 2.05) is 31.2 Å². The number of ether oxygens (including phenoxy) is 2. The van der Waals surface area contributed by atoms with Crippen LogP contribution in [0.1, 0.15) is 12.0 Å². The molecule has 104 valence electrons. The highest BCUT2D eigenvalue weighted by Gasteiger charge is 2.32. The van der Waals surface area contributed by atoms with Crippen molar-refractivity contribution in [2.24, 2.45) is 11.8 Å². The summed E-state index contributed by atoms with van der Waals surface area (Å²) in [6.07, 6.45) is 0.997. The molecule has 0 radical (unpaired) electrons. The van der Waals surface area contributed by atoms with E-state index in [9.17, 15) is 4.79 Å². The molecule has 0 aliphatic carbocycles. The molecule has 0 aromatic heterocycles. The lowest BCUT2D eigenvalue weighted by Crippen LogP contribution is -2.31. The van der Waals surface area contributed by atoms with E-state index in [1.54, 1.807) is 0 Å². The first-order valence-electron chi connectivity index (χ1n) is 6.68. The van der Waals surface area contributed by atoms with Crippen LogP contribution in [0.2, 0.25) is 0 Å². The fraction of sp³-hybridized carbons (Fsp3) is 0.533. The third-order valence-electron chi connectivity index (χ3n) is 3.62. The van der Waals surface area contributed by atoms with Gasteiger partial charge in [0.05, 0.1) is 13.0 Å². The monoisotopic (exact) mass is 263 g/mol. The fourth-order valence-electron chi connectivity index (χ4n) is 2.39. The van der Waals surface area contributed by atoms with Crippen molar-refractivity contribution in [2.45, 2.75) is 13.3 Å². The second-order valence-electron chi connectivity index (χ2n) is 5.01. The average Bonchev–Trinajstić information content (AvgIpc) is 2.94. The highest BCUT2D eigenvalue weighted by molar-refractivity contribution is 5.73. The first-order valence-corrected chi connectivity index (χ1v) is 6.68. The van der Waals surface area contributed by atoms with Gasteiger partial charge in [-0.2, -0.15) is 0 Å². The Balaban J connectivity index is 1.95. The summed E-state index contributed by atoms with van der Waals surface area (Å²) in [4.78, 5) is 11.8. The lowest BCUT2D eigenvalue weighted by Gasteiger charge is -2.20. The predicted octanol–water partition coefficient (Wildman–Crippen LogP) is 1.77. The number of hydrogen-bond acceptors (Lipinski definition) is 4. The van der Waals surface area contributed by atoms with Crippen molar-refractivity contribution in [2.75, 3.05) is 26.8 Å². The van der Waals surface area contributed by atoms with Crippen LogP contribution in [0, 0.1) is 18.8 Å². The molecule has 1 aliphatic heterocycles. The second-order valence-corrected chi connectivity index (χ2v) is 5.01. The third kappa shape index (κ3) is 3.70. The van der Waals surface area contributed by atoms with Gasteiger partial charge < -0.3 is 14.8 Å². The van der Waals surface area contributed by atoms with E-state index in [4.69, 9.17) is 9.47 Å². The smallest absolute Gasteiger partial charge is 0.312 e. The summed E-state index contributed by atoms with van der Waals surface area (Å²) in [5, 5.41) is 3.27. The number of carbonyl (C=O) groups excluding carboxylic acids is 1. The molecule has 4 heteroatoms. The van der Waals surface area contributed by atoms with E-state index in [2.05, 4.69) is 5.32 Å². The van der Waals surface area contributed by atoms with Gasteiger partial charge in [-0.15, -0.1) is 0 Å². The highest BCUT2D eigenvalue weighted by Crippen LogP contribution is 2.22.